The van der Waals surface area contributed by atoms with E-state index in [1.54, 1.807) is 6.07 Å². The number of hydrogen-bond donors (Lipinski definition) is 1. The first-order valence-electron chi connectivity index (χ1n) is 5.44. The summed E-state index contributed by atoms with van der Waals surface area (Å²) in [5, 5.41) is 0.122. The Morgan fingerprint density at radius 3 is 2.41 bits per heavy atom. The van der Waals surface area contributed by atoms with Crippen LogP contribution < -0.4 is 5.73 Å². The van der Waals surface area contributed by atoms with Crippen LogP contribution in [0.2, 0.25) is 5.02 Å². The van der Waals surface area contributed by atoms with Crippen molar-refractivity contribution in [2.45, 2.75) is 37.4 Å². The van der Waals surface area contributed by atoms with E-state index in [-0.39, 0.29) is 10.6 Å². The van der Waals surface area contributed by atoms with Gasteiger partial charge in [0.15, 0.2) is 0 Å². The highest BCUT2D eigenvalue weighted by molar-refractivity contribution is 6.30. The second-order valence-electron chi connectivity index (χ2n) is 4.71. The first kappa shape index (κ1) is 12.7. The van der Waals surface area contributed by atoms with Gasteiger partial charge in [0, 0.05) is 10.6 Å². The molecule has 17 heavy (non-hydrogen) atoms. The van der Waals surface area contributed by atoms with Crippen LogP contribution in [0.15, 0.2) is 18.2 Å². The standard InChI is InChI=1S/C12H13ClF3N/c13-10-6-8(1-2-11(17)3-4-11)5-9(7-10)12(14,15)16/h5-7H,1-4,17H2. The summed E-state index contributed by atoms with van der Waals surface area (Å²) >= 11 is 5.69. The van der Waals surface area contributed by atoms with Crippen LogP contribution in [0, 0.1) is 0 Å². The van der Waals surface area contributed by atoms with Crippen LogP contribution in [-0.2, 0) is 12.6 Å². The molecule has 0 saturated heterocycles. The van der Waals surface area contributed by atoms with Gasteiger partial charge in [0.25, 0.3) is 0 Å². The zero-order valence-corrected chi connectivity index (χ0v) is 9.91. The first-order chi connectivity index (χ1) is 7.78. The van der Waals surface area contributed by atoms with Gasteiger partial charge in [-0.3, -0.25) is 0 Å². The Balaban J connectivity index is 2.14. The van der Waals surface area contributed by atoms with E-state index in [4.69, 9.17) is 17.3 Å². The van der Waals surface area contributed by atoms with Crippen LogP contribution in [0.3, 0.4) is 0 Å². The van der Waals surface area contributed by atoms with Gasteiger partial charge >= 0.3 is 6.18 Å². The molecule has 1 fully saturated rings. The lowest BCUT2D eigenvalue weighted by atomic mass is 10.0. The Kier molecular flexibility index (Phi) is 3.12. The zero-order chi connectivity index (χ0) is 12.7. The van der Waals surface area contributed by atoms with Gasteiger partial charge in [-0.05, 0) is 49.4 Å². The van der Waals surface area contributed by atoms with Crippen molar-refractivity contribution >= 4 is 11.6 Å². The normalized spacial score (nSPS) is 18.2. The average Bonchev–Trinajstić information content (AvgIpc) is 2.92. The summed E-state index contributed by atoms with van der Waals surface area (Å²) in [6.07, 6.45) is -1.18. The van der Waals surface area contributed by atoms with Gasteiger partial charge in [0.1, 0.15) is 0 Å². The van der Waals surface area contributed by atoms with E-state index in [1.165, 1.54) is 0 Å². The summed E-state index contributed by atoms with van der Waals surface area (Å²) in [6, 6.07) is 3.67. The molecule has 1 aromatic carbocycles. The van der Waals surface area contributed by atoms with Gasteiger partial charge in [-0.15, -0.1) is 0 Å². The number of nitrogens with two attached hydrogens (primary N) is 1. The minimum atomic E-state index is -4.35. The van der Waals surface area contributed by atoms with E-state index in [0.29, 0.717) is 18.4 Å². The van der Waals surface area contributed by atoms with Crippen LogP contribution in [0.5, 0.6) is 0 Å². The Bertz CT molecular complexity index is 424. The van der Waals surface area contributed by atoms with Crippen LogP contribution in [0.4, 0.5) is 13.2 Å². The van der Waals surface area contributed by atoms with Gasteiger partial charge in [0.2, 0.25) is 0 Å². The summed E-state index contributed by atoms with van der Waals surface area (Å²) in [6.45, 7) is 0. The SMILES string of the molecule is NC1(CCc2cc(Cl)cc(C(F)(F)F)c2)CC1. The molecule has 1 saturated carbocycles. The largest absolute Gasteiger partial charge is 0.416 e. The van der Waals surface area contributed by atoms with Gasteiger partial charge in [0.05, 0.1) is 5.56 Å². The minimum Gasteiger partial charge on any atom is -0.325 e. The molecule has 0 aliphatic heterocycles. The van der Waals surface area contributed by atoms with Crippen molar-refractivity contribution in [3.8, 4) is 0 Å². The van der Waals surface area contributed by atoms with E-state index in [2.05, 4.69) is 0 Å². The zero-order valence-electron chi connectivity index (χ0n) is 9.15. The van der Waals surface area contributed by atoms with Crippen molar-refractivity contribution < 1.29 is 13.2 Å². The maximum Gasteiger partial charge on any atom is 0.416 e. The Morgan fingerprint density at radius 2 is 1.88 bits per heavy atom. The molecule has 0 bridgehead atoms. The van der Waals surface area contributed by atoms with Crippen LogP contribution in [-0.4, -0.2) is 5.54 Å². The van der Waals surface area contributed by atoms with Crippen LogP contribution >= 0.6 is 11.6 Å². The van der Waals surface area contributed by atoms with E-state index in [0.717, 1.165) is 25.0 Å². The molecule has 1 aliphatic rings. The fraction of sp³-hybridized carbons (Fsp3) is 0.500. The number of hydrogen-bond acceptors (Lipinski definition) is 1. The smallest absolute Gasteiger partial charge is 0.325 e. The van der Waals surface area contributed by atoms with Crippen molar-refractivity contribution in [2.24, 2.45) is 5.73 Å². The van der Waals surface area contributed by atoms with Gasteiger partial charge in [-0.2, -0.15) is 13.2 Å². The fourth-order valence-corrected chi connectivity index (χ4v) is 2.02. The van der Waals surface area contributed by atoms with E-state index < -0.39 is 11.7 Å². The lowest BCUT2D eigenvalue weighted by molar-refractivity contribution is -0.137. The molecule has 0 amide bonds. The van der Waals surface area contributed by atoms with E-state index in [1.807, 2.05) is 0 Å². The topological polar surface area (TPSA) is 26.0 Å². The second-order valence-corrected chi connectivity index (χ2v) is 5.14. The van der Waals surface area contributed by atoms with E-state index in [9.17, 15) is 13.2 Å². The van der Waals surface area contributed by atoms with Gasteiger partial charge < -0.3 is 5.73 Å². The molecular formula is C12H13ClF3N. The molecule has 2 rings (SSSR count). The quantitative estimate of drug-likeness (QED) is 0.882. The molecule has 0 spiro atoms. The second kappa shape index (κ2) is 4.18. The highest BCUT2D eigenvalue weighted by Gasteiger charge is 2.37. The number of halogens is 4. The highest BCUT2D eigenvalue weighted by Crippen LogP contribution is 2.37. The third-order valence-electron chi connectivity index (χ3n) is 3.09. The molecular weight excluding hydrogens is 251 g/mol. The maximum atomic E-state index is 12.6. The fourth-order valence-electron chi connectivity index (χ4n) is 1.76. The van der Waals surface area contributed by atoms with Gasteiger partial charge in [-0.25, -0.2) is 0 Å². The molecule has 1 nitrogen and oxygen atoms in total. The molecule has 0 atom stereocenters. The summed E-state index contributed by atoms with van der Waals surface area (Å²) in [5.41, 5.74) is 5.65. The van der Waals surface area contributed by atoms with Crippen LogP contribution in [0.25, 0.3) is 0 Å². The summed E-state index contributed by atoms with van der Waals surface area (Å²) in [4.78, 5) is 0. The molecule has 0 heterocycles. The highest BCUT2D eigenvalue weighted by atomic mass is 35.5. The summed E-state index contributed by atoms with van der Waals surface area (Å²) < 4.78 is 37.7. The van der Waals surface area contributed by atoms with Crippen molar-refractivity contribution in [1.82, 2.24) is 0 Å². The molecule has 0 unspecified atom stereocenters. The molecule has 2 N–H and O–H groups in total. The molecule has 0 radical (unpaired) electrons. The van der Waals surface area contributed by atoms with E-state index >= 15 is 0 Å². The predicted molar refractivity (Wildman–Crippen MR) is 60.9 cm³/mol. The molecule has 94 valence electrons. The van der Waals surface area contributed by atoms with Gasteiger partial charge in [-0.1, -0.05) is 11.6 Å². The lowest BCUT2D eigenvalue weighted by Gasteiger charge is -2.12. The number of aryl methyl sites for hydroxylation is 1. The Hall–Kier alpha value is -0.740. The lowest BCUT2D eigenvalue weighted by Crippen LogP contribution is -2.22. The average molecular weight is 264 g/mol. The van der Waals surface area contributed by atoms with Crippen LogP contribution in [0.1, 0.15) is 30.4 Å². The van der Waals surface area contributed by atoms with Crippen molar-refractivity contribution in [3.63, 3.8) is 0 Å². The Morgan fingerprint density at radius 1 is 1.24 bits per heavy atom. The Labute approximate surface area is 103 Å². The summed E-state index contributed by atoms with van der Waals surface area (Å²) in [7, 11) is 0. The first-order valence-corrected chi connectivity index (χ1v) is 5.82. The van der Waals surface area contributed by atoms with Crippen molar-refractivity contribution in [3.05, 3.63) is 34.3 Å². The molecule has 1 aliphatic carbocycles. The van der Waals surface area contributed by atoms with Crippen molar-refractivity contribution in [1.29, 1.82) is 0 Å². The number of alkyl halides is 3. The molecule has 5 heteroatoms. The maximum absolute atomic E-state index is 12.6. The molecule has 1 aromatic rings. The summed E-state index contributed by atoms with van der Waals surface area (Å²) in [5.74, 6) is 0. The third-order valence-corrected chi connectivity index (χ3v) is 3.31. The number of benzene rings is 1. The number of rotatable bonds is 3. The van der Waals surface area contributed by atoms with Crippen molar-refractivity contribution in [2.75, 3.05) is 0 Å². The predicted octanol–water partition coefficient (Wildman–Crippen LogP) is 3.78. The monoisotopic (exact) mass is 263 g/mol. The molecule has 0 aromatic heterocycles. The minimum absolute atomic E-state index is 0.122. The third kappa shape index (κ3) is 3.36.